The second kappa shape index (κ2) is 8.73. The molecule has 2 N–H and O–H groups in total. The molecule has 132 valence electrons. The van der Waals surface area contributed by atoms with E-state index in [0.29, 0.717) is 29.1 Å². The molecule has 0 fully saturated rings. The van der Waals surface area contributed by atoms with Gasteiger partial charge in [0.05, 0.1) is 36.2 Å². The summed E-state index contributed by atoms with van der Waals surface area (Å²) in [4.78, 5) is 24.6. The maximum atomic E-state index is 12.6. The highest BCUT2D eigenvalue weighted by Gasteiger charge is 2.16. The number of nitrogens with one attached hydrogen (secondary N) is 2. The van der Waals surface area contributed by atoms with Crippen molar-refractivity contribution in [1.82, 2.24) is 0 Å². The Kier molecular flexibility index (Phi) is 6.39. The summed E-state index contributed by atoms with van der Waals surface area (Å²) < 4.78 is 10.2. The van der Waals surface area contributed by atoms with E-state index in [1.165, 1.54) is 7.11 Å². The Hall–Kier alpha value is -3.02. The summed E-state index contributed by atoms with van der Waals surface area (Å²) in [5.74, 6) is -0.275. The summed E-state index contributed by atoms with van der Waals surface area (Å²) in [6.07, 6.45) is 0. The third-order valence-electron chi connectivity index (χ3n) is 3.50. The summed E-state index contributed by atoms with van der Waals surface area (Å²) in [6, 6.07) is 12.0. The molecule has 2 aromatic rings. The van der Waals surface area contributed by atoms with Crippen LogP contribution in [0.5, 0.6) is 5.75 Å². The molecule has 25 heavy (non-hydrogen) atoms. The fourth-order valence-corrected chi connectivity index (χ4v) is 2.36. The van der Waals surface area contributed by atoms with Crippen LogP contribution in [0.2, 0.25) is 0 Å². The van der Waals surface area contributed by atoms with Gasteiger partial charge >= 0.3 is 5.97 Å². The Bertz CT molecular complexity index is 759. The quantitative estimate of drug-likeness (QED) is 0.753. The van der Waals surface area contributed by atoms with Gasteiger partial charge in [-0.2, -0.15) is 0 Å². The van der Waals surface area contributed by atoms with E-state index in [4.69, 9.17) is 9.47 Å². The molecule has 1 amide bonds. The fraction of sp³-hybridized carbons (Fsp3) is 0.263. The van der Waals surface area contributed by atoms with Crippen molar-refractivity contribution in [1.29, 1.82) is 0 Å². The van der Waals surface area contributed by atoms with Crippen LogP contribution in [0.3, 0.4) is 0 Å². The summed E-state index contributed by atoms with van der Waals surface area (Å²) >= 11 is 0. The van der Waals surface area contributed by atoms with Crippen molar-refractivity contribution in [3.8, 4) is 5.75 Å². The summed E-state index contributed by atoms with van der Waals surface area (Å²) in [5, 5.41) is 6.00. The van der Waals surface area contributed by atoms with Gasteiger partial charge in [-0.05, 0) is 44.2 Å². The molecular weight excluding hydrogens is 320 g/mol. The number of esters is 1. The maximum Gasteiger partial charge on any atom is 0.338 e. The highest BCUT2D eigenvalue weighted by molar-refractivity contribution is 6.08. The standard InChI is InChI=1S/C19H22N2O4/c1-4-20-15-11-10-13(19(23)25-5-2)12-16(15)21-18(22)14-8-6-7-9-17(14)24-3/h6-12,20H,4-5H2,1-3H3,(H,21,22). The number of benzene rings is 2. The van der Waals surface area contributed by atoms with Gasteiger partial charge in [0.1, 0.15) is 5.75 Å². The van der Waals surface area contributed by atoms with Crippen LogP contribution in [0.4, 0.5) is 11.4 Å². The zero-order chi connectivity index (χ0) is 18.2. The third-order valence-corrected chi connectivity index (χ3v) is 3.50. The van der Waals surface area contributed by atoms with Gasteiger partial charge in [-0.15, -0.1) is 0 Å². The number of hydrogen-bond acceptors (Lipinski definition) is 5. The molecule has 0 aromatic heterocycles. The highest BCUT2D eigenvalue weighted by Crippen LogP contribution is 2.26. The lowest BCUT2D eigenvalue weighted by Gasteiger charge is -2.14. The molecule has 0 aliphatic rings. The van der Waals surface area contributed by atoms with Crippen molar-refractivity contribution in [2.45, 2.75) is 13.8 Å². The first-order valence-corrected chi connectivity index (χ1v) is 8.10. The molecule has 2 aromatic carbocycles. The Morgan fingerprint density at radius 1 is 1.04 bits per heavy atom. The van der Waals surface area contributed by atoms with Crippen LogP contribution in [0.25, 0.3) is 0 Å². The highest BCUT2D eigenvalue weighted by atomic mass is 16.5. The largest absolute Gasteiger partial charge is 0.496 e. The fourth-order valence-electron chi connectivity index (χ4n) is 2.36. The minimum Gasteiger partial charge on any atom is -0.496 e. The average molecular weight is 342 g/mol. The second-order valence-electron chi connectivity index (χ2n) is 5.17. The predicted molar refractivity (Wildman–Crippen MR) is 97.5 cm³/mol. The molecule has 2 rings (SSSR count). The Morgan fingerprint density at radius 2 is 1.80 bits per heavy atom. The number of carbonyl (C=O) groups excluding carboxylic acids is 2. The lowest BCUT2D eigenvalue weighted by Crippen LogP contribution is -2.15. The molecule has 6 heteroatoms. The Labute approximate surface area is 147 Å². The number of rotatable bonds is 7. The van der Waals surface area contributed by atoms with Crippen LogP contribution >= 0.6 is 0 Å². The lowest BCUT2D eigenvalue weighted by molar-refractivity contribution is 0.0526. The van der Waals surface area contributed by atoms with E-state index in [-0.39, 0.29) is 12.5 Å². The molecule has 0 aliphatic carbocycles. The van der Waals surface area contributed by atoms with E-state index in [0.717, 1.165) is 5.69 Å². The summed E-state index contributed by atoms with van der Waals surface area (Å²) in [5.41, 5.74) is 2.01. The van der Waals surface area contributed by atoms with E-state index < -0.39 is 5.97 Å². The number of methoxy groups -OCH3 is 1. The Balaban J connectivity index is 2.33. The number of para-hydroxylation sites is 1. The van der Waals surface area contributed by atoms with E-state index in [9.17, 15) is 9.59 Å². The SMILES string of the molecule is CCNc1ccc(C(=O)OCC)cc1NC(=O)c1ccccc1OC. The lowest BCUT2D eigenvalue weighted by atomic mass is 10.1. The van der Waals surface area contributed by atoms with Gasteiger partial charge in [-0.3, -0.25) is 4.79 Å². The summed E-state index contributed by atoms with van der Waals surface area (Å²) in [7, 11) is 1.51. The van der Waals surface area contributed by atoms with Crippen LogP contribution in [-0.2, 0) is 4.74 Å². The van der Waals surface area contributed by atoms with Crippen LogP contribution in [0.1, 0.15) is 34.6 Å². The third kappa shape index (κ3) is 4.50. The molecule has 0 radical (unpaired) electrons. The predicted octanol–water partition coefficient (Wildman–Crippen LogP) is 3.56. The van der Waals surface area contributed by atoms with Gasteiger partial charge < -0.3 is 20.1 Å². The molecule has 0 saturated heterocycles. The topological polar surface area (TPSA) is 76.7 Å². The van der Waals surface area contributed by atoms with Crippen molar-refractivity contribution in [2.75, 3.05) is 30.9 Å². The first kappa shape index (κ1) is 18.3. The Morgan fingerprint density at radius 3 is 2.48 bits per heavy atom. The molecule has 0 aliphatic heterocycles. The van der Waals surface area contributed by atoms with Gasteiger partial charge in [0.15, 0.2) is 0 Å². The van der Waals surface area contributed by atoms with E-state index in [2.05, 4.69) is 10.6 Å². The molecule has 0 bridgehead atoms. The summed E-state index contributed by atoms with van der Waals surface area (Å²) in [6.45, 7) is 4.66. The smallest absolute Gasteiger partial charge is 0.338 e. The second-order valence-corrected chi connectivity index (χ2v) is 5.17. The van der Waals surface area contributed by atoms with Crippen LogP contribution in [0.15, 0.2) is 42.5 Å². The molecular formula is C19H22N2O4. The molecule has 0 heterocycles. The van der Waals surface area contributed by atoms with Gasteiger partial charge in [-0.25, -0.2) is 4.79 Å². The molecule has 6 nitrogen and oxygen atoms in total. The van der Waals surface area contributed by atoms with Crippen molar-refractivity contribution in [3.05, 3.63) is 53.6 Å². The zero-order valence-corrected chi connectivity index (χ0v) is 14.6. The normalized spacial score (nSPS) is 10.0. The van der Waals surface area contributed by atoms with Gasteiger partial charge in [0.2, 0.25) is 0 Å². The van der Waals surface area contributed by atoms with Crippen LogP contribution in [-0.4, -0.2) is 32.1 Å². The van der Waals surface area contributed by atoms with Crippen LogP contribution in [0, 0.1) is 0 Å². The number of amides is 1. The van der Waals surface area contributed by atoms with Gasteiger partial charge in [0.25, 0.3) is 5.91 Å². The van der Waals surface area contributed by atoms with Crippen molar-refractivity contribution < 1.29 is 19.1 Å². The molecule has 0 atom stereocenters. The minimum absolute atomic E-state index is 0.288. The number of ether oxygens (including phenoxy) is 2. The van der Waals surface area contributed by atoms with Gasteiger partial charge in [-0.1, -0.05) is 12.1 Å². The van der Waals surface area contributed by atoms with E-state index >= 15 is 0 Å². The zero-order valence-electron chi connectivity index (χ0n) is 14.6. The van der Waals surface area contributed by atoms with E-state index in [1.54, 1.807) is 49.4 Å². The molecule has 0 saturated carbocycles. The number of carbonyl (C=O) groups is 2. The molecule has 0 spiro atoms. The maximum absolute atomic E-state index is 12.6. The molecule has 0 unspecified atom stereocenters. The van der Waals surface area contributed by atoms with Gasteiger partial charge in [0, 0.05) is 6.54 Å². The minimum atomic E-state index is -0.432. The monoisotopic (exact) mass is 342 g/mol. The number of anilines is 2. The first-order valence-electron chi connectivity index (χ1n) is 8.10. The average Bonchev–Trinajstić information content (AvgIpc) is 2.63. The van der Waals surface area contributed by atoms with E-state index in [1.807, 2.05) is 6.92 Å². The van der Waals surface area contributed by atoms with Crippen LogP contribution < -0.4 is 15.4 Å². The van der Waals surface area contributed by atoms with Crippen molar-refractivity contribution >= 4 is 23.3 Å². The van der Waals surface area contributed by atoms with Crippen molar-refractivity contribution in [2.24, 2.45) is 0 Å². The number of hydrogen-bond donors (Lipinski definition) is 2. The van der Waals surface area contributed by atoms with Crippen molar-refractivity contribution in [3.63, 3.8) is 0 Å². The first-order chi connectivity index (χ1) is 12.1.